The predicted octanol–water partition coefficient (Wildman–Crippen LogP) is 8.72. The average Bonchev–Trinajstić information content (AvgIpc) is 3.53. The van der Waals surface area contributed by atoms with E-state index in [0.717, 1.165) is 60.5 Å². The fourth-order valence-corrected chi connectivity index (χ4v) is 6.49. The largest absolute Gasteiger partial charge is 0.507 e. The van der Waals surface area contributed by atoms with E-state index in [9.17, 15) is 25.2 Å². The summed E-state index contributed by atoms with van der Waals surface area (Å²) in [6, 6.07) is 43.6. The maximum atomic E-state index is 11.5. The van der Waals surface area contributed by atoms with Gasteiger partial charge in [-0.15, -0.1) is 0 Å². The van der Waals surface area contributed by atoms with Crippen LogP contribution < -0.4 is 0 Å². The number of nitrogens with zero attached hydrogens (tertiary/aromatic N) is 2. The summed E-state index contributed by atoms with van der Waals surface area (Å²) in [5, 5.41) is 43.6. The monoisotopic (exact) mass is 628 g/mol. The highest BCUT2D eigenvalue weighted by atomic mass is 16.5. The van der Waals surface area contributed by atoms with Crippen LogP contribution in [0.3, 0.4) is 0 Å². The lowest BCUT2D eigenvalue weighted by Crippen LogP contribution is -1.98. The van der Waals surface area contributed by atoms with Gasteiger partial charge in [-0.05, 0) is 81.6 Å². The number of aliphatic hydroxyl groups is 2. The molecule has 0 aliphatic rings. The van der Waals surface area contributed by atoms with E-state index in [2.05, 4.69) is 34.9 Å². The lowest BCUT2D eigenvalue weighted by Gasteiger charge is -2.14. The van der Waals surface area contributed by atoms with Crippen LogP contribution in [0.2, 0.25) is 0 Å². The molecule has 8 aromatic rings. The minimum atomic E-state index is -1.54. The Kier molecular flexibility index (Phi) is 6.99. The molecule has 0 saturated heterocycles. The number of aliphatic hydroxyl groups excluding tert-OH is 1. The molecule has 0 atom stereocenters. The third-order valence-corrected chi connectivity index (χ3v) is 8.88. The van der Waals surface area contributed by atoms with Crippen LogP contribution in [-0.4, -0.2) is 35.9 Å². The van der Waals surface area contributed by atoms with E-state index in [1.807, 2.05) is 72.8 Å². The number of fused-ring (bicyclic) bond motifs is 6. The summed E-state index contributed by atoms with van der Waals surface area (Å²) in [6.45, 7) is 0. The molecule has 0 spiro atoms. The molecule has 232 valence electrons. The molecule has 0 amide bonds. The fourth-order valence-electron chi connectivity index (χ4n) is 6.49. The Labute approximate surface area is 274 Å². The zero-order chi connectivity index (χ0) is 32.9. The summed E-state index contributed by atoms with van der Waals surface area (Å²) in [7, 11) is 0. The van der Waals surface area contributed by atoms with E-state index in [4.69, 9.17) is 4.98 Å². The zero-order valence-electron chi connectivity index (χ0n) is 25.4. The molecule has 0 aliphatic heterocycles. The SMILES string of the molecule is O=C(O)c1ccc(-c2ccc3c4ccc(-c5ccc(C(O)O)cc5)cc4c4nc(-c5ccccc5O)n(-c5ccccc5)c4c3c2)cc1. The van der Waals surface area contributed by atoms with Gasteiger partial charge in [0.1, 0.15) is 11.6 Å². The zero-order valence-corrected chi connectivity index (χ0v) is 25.4. The summed E-state index contributed by atoms with van der Waals surface area (Å²) >= 11 is 0. The molecule has 0 fully saturated rings. The van der Waals surface area contributed by atoms with Gasteiger partial charge in [0.2, 0.25) is 0 Å². The molecular weight excluding hydrogens is 600 g/mol. The number of imidazole rings is 1. The Morgan fingerprint density at radius 3 is 1.79 bits per heavy atom. The van der Waals surface area contributed by atoms with Gasteiger partial charge in [-0.1, -0.05) is 91.0 Å². The molecule has 8 rings (SSSR count). The third-order valence-electron chi connectivity index (χ3n) is 8.88. The van der Waals surface area contributed by atoms with Crippen molar-refractivity contribution in [2.75, 3.05) is 0 Å². The highest BCUT2D eigenvalue weighted by molar-refractivity contribution is 6.25. The molecule has 7 heteroatoms. The highest BCUT2D eigenvalue weighted by Crippen LogP contribution is 2.43. The second-order valence-electron chi connectivity index (χ2n) is 11.7. The maximum absolute atomic E-state index is 11.5. The normalized spacial score (nSPS) is 11.6. The average molecular weight is 629 g/mol. The third kappa shape index (κ3) is 4.86. The van der Waals surface area contributed by atoms with E-state index in [1.165, 1.54) is 0 Å². The fraction of sp³-hybridized carbons (Fsp3) is 0.0244. The number of rotatable bonds is 6. The lowest BCUT2D eigenvalue weighted by molar-refractivity contribution is -0.0424. The number of aromatic hydroxyl groups is 1. The molecule has 48 heavy (non-hydrogen) atoms. The van der Waals surface area contributed by atoms with Gasteiger partial charge >= 0.3 is 5.97 Å². The molecule has 1 aromatic heterocycles. The van der Waals surface area contributed by atoms with Crippen LogP contribution in [0.1, 0.15) is 22.2 Å². The quantitative estimate of drug-likeness (QED) is 0.108. The van der Waals surface area contributed by atoms with Gasteiger partial charge in [-0.3, -0.25) is 4.57 Å². The first-order valence-electron chi connectivity index (χ1n) is 15.4. The minimum absolute atomic E-state index is 0.115. The Hall–Kier alpha value is -6.28. The van der Waals surface area contributed by atoms with Crippen molar-refractivity contribution in [1.29, 1.82) is 0 Å². The molecule has 7 aromatic carbocycles. The van der Waals surface area contributed by atoms with Crippen molar-refractivity contribution in [3.63, 3.8) is 0 Å². The topological polar surface area (TPSA) is 116 Å². The summed E-state index contributed by atoms with van der Waals surface area (Å²) in [4.78, 5) is 16.8. The number of benzene rings is 7. The lowest BCUT2D eigenvalue weighted by atomic mass is 9.93. The number of carboxylic acids is 1. The molecule has 0 radical (unpaired) electrons. The maximum Gasteiger partial charge on any atom is 0.335 e. The molecule has 4 N–H and O–H groups in total. The van der Waals surface area contributed by atoms with Gasteiger partial charge in [0.25, 0.3) is 0 Å². The van der Waals surface area contributed by atoms with Crippen LogP contribution >= 0.6 is 0 Å². The van der Waals surface area contributed by atoms with Crippen molar-refractivity contribution in [3.05, 3.63) is 151 Å². The van der Waals surface area contributed by atoms with Gasteiger partial charge in [0.15, 0.2) is 6.29 Å². The highest BCUT2D eigenvalue weighted by Gasteiger charge is 2.22. The number of para-hydroxylation sites is 2. The van der Waals surface area contributed by atoms with E-state index in [-0.39, 0.29) is 11.3 Å². The number of hydrogen-bond acceptors (Lipinski definition) is 5. The number of carbonyl (C=O) groups is 1. The van der Waals surface area contributed by atoms with Gasteiger partial charge in [-0.25, -0.2) is 9.78 Å². The summed E-state index contributed by atoms with van der Waals surface area (Å²) in [5.74, 6) is -0.270. The van der Waals surface area contributed by atoms with Crippen LogP contribution in [0.4, 0.5) is 0 Å². The van der Waals surface area contributed by atoms with E-state index < -0.39 is 12.3 Å². The number of aromatic nitrogens is 2. The second kappa shape index (κ2) is 11.5. The predicted molar refractivity (Wildman–Crippen MR) is 188 cm³/mol. The standard InChI is InChI=1S/C41H28N2O5/c44-36-9-5-4-8-33(36)39-42-37-34-22-28(24-10-14-26(15-11-24)40(45)46)18-20-31(34)32-21-19-29(25-12-16-27(17-13-25)41(47)48)23-35(32)38(37)43(39)30-6-2-1-3-7-30/h1-23,40,44-46H,(H,47,48). The first kappa shape index (κ1) is 29.1. The van der Waals surface area contributed by atoms with Crippen molar-refractivity contribution >= 4 is 38.5 Å². The molecule has 0 bridgehead atoms. The summed E-state index contributed by atoms with van der Waals surface area (Å²) < 4.78 is 2.09. The van der Waals surface area contributed by atoms with Crippen LogP contribution in [0, 0.1) is 0 Å². The van der Waals surface area contributed by atoms with E-state index in [0.29, 0.717) is 17.0 Å². The van der Waals surface area contributed by atoms with Crippen molar-refractivity contribution in [2.24, 2.45) is 0 Å². The van der Waals surface area contributed by atoms with Gasteiger partial charge < -0.3 is 20.4 Å². The number of carboxylic acid groups (broad SMARTS) is 1. The van der Waals surface area contributed by atoms with Crippen molar-refractivity contribution < 1.29 is 25.2 Å². The van der Waals surface area contributed by atoms with Crippen LogP contribution in [0.15, 0.2) is 140 Å². The summed E-state index contributed by atoms with van der Waals surface area (Å²) in [6.07, 6.45) is -1.54. The second-order valence-corrected chi connectivity index (χ2v) is 11.7. The number of aromatic carboxylic acids is 1. The first-order valence-corrected chi connectivity index (χ1v) is 15.4. The molecule has 0 aliphatic carbocycles. The molecule has 0 saturated carbocycles. The molecule has 1 heterocycles. The number of hydrogen-bond donors (Lipinski definition) is 4. The summed E-state index contributed by atoms with van der Waals surface area (Å²) in [5.41, 5.74) is 7.38. The molecule has 7 nitrogen and oxygen atoms in total. The van der Waals surface area contributed by atoms with Crippen LogP contribution in [-0.2, 0) is 0 Å². The Balaban J connectivity index is 1.48. The molecular formula is C41H28N2O5. The van der Waals surface area contributed by atoms with Crippen molar-refractivity contribution in [3.8, 4) is 45.1 Å². The van der Waals surface area contributed by atoms with E-state index >= 15 is 0 Å². The Bertz CT molecular complexity index is 2500. The minimum Gasteiger partial charge on any atom is -0.507 e. The van der Waals surface area contributed by atoms with Crippen molar-refractivity contribution in [1.82, 2.24) is 9.55 Å². The first-order chi connectivity index (χ1) is 23.4. The number of phenols is 1. The van der Waals surface area contributed by atoms with Crippen LogP contribution in [0.25, 0.3) is 71.9 Å². The van der Waals surface area contributed by atoms with Crippen LogP contribution in [0.5, 0.6) is 5.75 Å². The van der Waals surface area contributed by atoms with Gasteiger partial charge in [0.05, 0.1) is 22.2 Å². The van der Waals surface area contributed by atoms with E-state index in [1.54, 1.807) is 36.4 Å². The van der Waals surface area contributed by atoms with Gasteiger partial charge in [-0.2, -0.15) is 0 Å². The smallest absolute Gasteiger partial charge is 0.335 e. The van der Waals surface area contributed by atoms with Gasteiger partial charge in [0, 0.05) is 22.0 Å². The molecule has 0 unspecified atom stereocenters. The number of phenolic OH excluding ortho intramolecular Hbond substituents is 1. The Morgan fingerprint density at radius 2 is 1.17 bits per heavy atom. The van der Waals surface area contributed by atoms with Crippen molar-refractivity contribution in [2.45, 2.75) is 6.29 Å². The Morgan fingerprint density at radius 1 is 0.604 bits per heavy atom.